The van der Waals surface area contributed by atoms with E-state index in [1.165, 1.54) is 25.9 Å². The zero-order valence-corrected chi connectivity index (χ0v) is 10.9. The zero-order chi connectivity index (χ0) is 12.1. The summed E-state index contributed by atoms with van der Waals surface area (Å²) in [5.74, 6) is 0.233. The van der Waals surface area contributed by atoms with Crippen LogP contribution in [0, 0.1) is 0 Å². The van der Waals surface area contributed by atoms with Crippen molar-refractivity contribution in [3.05, 3.63) is 0 Å². The van der Waals surface area contributed by atoms with Crippen LogP contribution in [0.3, 0.4) is 0 Å². The Morgan fingerprint density at radius 1 is 1.35 bits per heavy atom. The van der Waals surface area contributed by atoms with E-state index >= 15 is 0 Å². The van der Waals surface area contributed by atoms with Crippen LogP contribution >= 0.6 is 0 Å². The maximum absolute atomic E-state index is 11.7. The molecule has 2 saturated heterocycles. The number of nitrogens with one attached hydrogen (secondary N) is 2. The number of amides is 1. The van der Waals surface area contributed by atoms with Crippen molar-refractivity contribution in [1.29, 1.82) is 0 Å². The molecule has 2 heterocycles. The summed E-state index contributed by atoms with van der Waals surface area (Å²) in [5.41, 5.74) is 0. The minimum absolute atomic E-state index is 0.233. The first kappa shape index (κ1) is 12.8. The van der Waals surface area contributed by atoms with Gasteiger partial charge in [-0.15, -0.1) is 0 Å². The fourth-order valence-electron chi connectivity index (χ4n) is 3.08. The predicted octanol–water partition coefficient (Wildman–Crippen LogP) is 0.729. The first-order valence-corrected chi connectivity index (χ1v) is 6.97. The first-order chi connectivity index (χ1) is 8.29. The second kappa shape index (κ2) is 6.36. The summed E-state index contributed by atoms with van der Waals surface area (Å²) < 4.78 is 0. The van der Waals surface area contributed by atoms with E-state index in [9.17, 15) is 4.79 Å². The van der Waals surface area contributed by atoms with Gasteiger partial charge in [-0.05, 0) is 52.2 Å². The third-order valence-electron chi connectivity index (χ3n) is 4.02. The predicted molar refractivity (Wildman–Crippen MR) is 68.9 cm³/mol. The van der Waals surface area contributed by atoms with Crippen LogP contribution in [0.2, 0.25) is 0 Å². The molecule has 0 spiro atoms. The summed E-state index contributed by atoms with van der Waals surface area (Å²) >= 11 is 0. The third kappa shape index (κ3) is 3.68. The van der Waals surface area contributed by atoms with Crippen molar-refractivity contribution in [3.8, 4) is 0 Å². The van der Waals surface area contributed by atoms with Gasteiger partial charge in [0.2, 0.25) is 5.91 Å². The van der Waals surface area contributed by atoms with E-state index in [2.05, 4.69) is 15.5 Å². The number of fused-ring (bicyclic) bond motifs is 1. The molecule has 1 amide bonds. The van der Waals surface area contributed by atoms with E-state index < -0.39 is 0 Å². The first-order valence-electron chi connectivity index (χ1n) is 6.97. The van der Waals surface area contributed by atoms with Crippen LogP contribution in [0.25, 0.3) is 0 Å². The Balaban J connectivity index is 1.67. The van der Waals surface area contributed by atoms with Gasteiger partial charge in [-0.2, -0.15) is 0 Å². The Hall–Kier alpha value is -0.610. The van der Waals surface area contributed by atoms with Gasteiger partial charge < -0.3 is 15.5 Å². The van der Waals surface area contributed by atoms with Gasteiger partial charge >= 0.3 is 0 Å². The fraction of sp³-hybridized carbons (Fsp3) is 0.923. The highest BCUT2D eigenvalue weighted by Gasteiger charge is 2.31. The van der Waals surface area contributed by atoms with Crippen LogP contribution in [0.15, 0.2) is 0 Å². The van der Waals surface area contributed by atoms with Crippen molar-refractivity contribution >= 4 is 5.91 Å². The molecule has 17 heavy (non-hydrogen) atoms. The van der Waals surface area contributed by atoms with E-state index in [0.29, 0.717) is 12.5 Å². The lowest BCUT2D eigenvalue weighted by Crippen LogP contribution is -2.47. The summed E-state index contributed by atoms with van der Waals surface area (Å²) in [5, 5.41) is 6.27. The molecule has 2 unspecified atom stereocenters. The Morgan fingerprint density at radius 2 is 2.24 bits per heavy atom. The molecule has 0 aromatic rings. The van der Waals surface area contributed by atoms with E-state index in [1.807, 2.05) is 7.05 Å². The zero-order valence-electron chi connectivity index (χ0n) is 10.9. The lowest BCUT2D eigenvalue weighted by molar-refractivity contribution is -0.122. The van der Waals surface area contributed by atoms with Crippen molar-refractivity contribution in [3.63, 3.8) is 0 Å². The van der Waals surface area contributed by atoms with Crippen molar-refractivity contribution in [2.45, 2.75) is 50.6 Å². The molecule has 98 valence electrons. The summed E-state index contributed by atoms with van der Waals surface area (Å²) in [7, 11) is 1.92. The van der Waals surface area contributed by atoms with E-state index in [4.69, 9.17) is 0 Å². The standard InChI is InChI=1S/C13H25N3O/c1-14-7-2-5-13(17)15-11-6-9-16-8-3-4-12(16)10-11/h11-12,14H,2-10H2,1H3,(H,15,17). The number of nitrogens with zero attached hydrogens (tertiary/aromatic N) is 1. The van der Waals surface area contributed by atoms with Gasteiger partial charge in [0.1, 0.15) is 0 Å². The van der Waals surface area contributed by atoms with Crippen molar-refractivity contribution in [2.75, 3.05) is 26.7 Å². The van der Waals surface area contributed by atoms with Gasteiger partial charge in [0.15, 0.2) is 0 Å². The van der Waals surface area contributed by atoms with Crippen LogP contribution in [-0.4, -0.2) is 49.6 Å². The summed E-state index contributed by atoms with van der Waals surface area (Å²) in [4.78, 5) is 14.3. The normalized spacial score (nSPS) is 29.0. The third-order valence-corrected chi connectivity index (χ3v) is 4.02. The van der Waals surface area contributed by atoms with Crippen molar-refractivity contribution < 1.29 is 4.79 Å². The van der Waals surface area contributed by atoms with E-state index in [1.54, 1.807) is 0 Å². The second-order valence-electron chi connectivity index (χ2n) is 5.33. The number of hydrogen-bond acceptors (Lipinski definition) is 3. The molecule has 0 aliphatic carbocycles. The highest BCUT2D eigenvalue weighted by molar-refractivity contribution is 5.76. The topological polar surface area (TPSA) is 44.4 Å². The number of carbonyl (C=O) groups is 1. The van der Waals surface area contributed by atoms with E-state index in [-0.39, 0.29) is 5.91 Å². The highest BCUT2D eigenvalue weighted by Crippen LogP contribution is 2.26. The minimum atomic E-state index is 0.233. The summed E-state index contributed by atoms with van der Waals surface area (Å²) in [6.45, 7) is 3.37. The quantitative estimate of drug-likeness (QED) is 0.695. The van der Waals surface area contributed by atoms with Gasteiger partial charge in [-0.3, -0.25) is 4.79 Å². The molecule has 0 bridgehead atoms. The molecule has 2 fully saturated rings. The minimum Gasteiger partial charge on any atom is -0.353 e. The Morgan fingerprint density at radius 3 is 3.06 bits per heavy atom. The molecule has 0 aromatic carbocycles. The number of rotatable bonds is 5. The van der Waals surface area contributed by atoms with Crippen LogP contribution in [-0.2, 0) is 4.79 Å². The molecule has 4 heteroatoms. The molecule has 0 aromatic heterocycles. The molecule has 0 saturated carbocycles. The molecule has 2 aliphatic heterocycles. The lowest BCUT2D eigenvalue weighted by Gasteiger charge is -2.35. The van der Waals surface area contributed by atoms with Crippen LogP contribution < -0.4 is 10.6 Å². The highest BCUT2D eigenvalue weighted by atomic mass is 16.1. The Labute approximate surface area is 104 Å². The molecule has 2 rings (SSSR count). The number of carbonyl (C=O) groups excluding carboxylic acids is 1. The van der Waals surface area contributed by atoms with Gasteiger partial charge in [0.25, 0.3) is 0 Å². The average Bonchev–Trinajstić information content (AvgIpc) is 2.76. The van der Waals surface area contributed by atoms with Crippen molar-refractivity contribution in [1.82, 2.24) is 15.5 Å². The Bertz CT molecular complexity index is 257. The molecule has 0 radical (unpaired) electrons. The summed E-state index contributed by atoms with van der Waals surface area (Å²) in [6.07, 6.45) is 6.56. The molecule has 2 atom stereocenters. The Kier molecular flexibility index (Phi) is 4.80. The molecule has 2 N–H and O–H groups in total. The molecular weight excluding hydrogens is 214 g/mol. The monoisotopic (exact) mass is 239 g/mol. The second-order valence-corrected chi connectivity index (χ2v) is 5.33. The number of hydrogen-bond donors (Lipinski definition) is 2. The van der Waals surface area contributed by atoms with Gasteiger partial charge in [-0.25, -0.2) is 0 Å². The average molecular weight is 239 g/mol. The number of piperidine rings is 1. The SMILES string of the molecule is CNCCCC(=O)NC1CCN2CCCC2C1. The molecule has 4 nitrogen and oxygen atoms in total. The lowest BCUT2D eigenvalue weighted by atomic mass is 9.97. The largest absolute Gasteiger partial charge is 0.353 e. The van der Waals surface area contributed by atoms with Crippen LogP contribution in [0.5, 0.6) is 0 Å². The molecule has 2 aliphatic rings. The van der Waals surface area contributed by atoms with E-state index in [0.717, 1.165) is 31.8 Å². The molecular formula is C13H25N3O. The van der Waals surface area contributed by atoms with Gasteiger partial charge in [0.05, 0.1) is 0 Å². The van der Waals surface area contributed by atoms with Gasteiger partial charge in [-0.1, -0.05) is 0 Å². The smallest absolute Gasteiger partial charge is 0.220 e. The van der Waals surface area contributed by atoms with Crippen LogP contribution in [0.1, 0.15) is 38.5 Å². The maximum Gasteiger partial charge on any atom is 0.220 e. The van der Waals surface area contributed by atoms with Crippen molar-refractivity contribution in [2.24, 2.45) is 0 Å². The summed E-state index contributed by atoms with van der Waals surface area (Å²) in [6, 6.07) is 1.17. The maximum atomic E-state index is 11.7. The van der Waals surface area contributed by atoms with Gasteiger partial charge in [0, 0.05) is 25.0 Å². The van der Waals surface area contributed by atoms with Crippen LogP contribution in [0.4, 0.5) is 0 Å². The fourth-order valence-corrected chi connectivity index (χ4v) is 3.08.